The molecule has 4 saturated carbocycles. The van der Waals surface area contributed by atoms with Crippen LogP contribution >= 0.6 is 0 Å². The molecule has 7 rings (SSSR count). The number of benzene rings is 2. The number of hydrogen-bond donors (Lipinski definition) is 2. The average molecular weight is 454 g/mol. The highest BCUT2D eigenvalue weighted by Gasteiger charge is 2.51. The summed E-state index contributed by atoms with van der Waals surface area (Å²) in [5, 5.41) is 4.36. The van der Waals surface area contributed by atoms with Gasteiger partial charge in [-0.2, -0.15) is 13.2 Å². The topological polar surface area (TPSA) is 57.8 Å². The van der Waals surface area contributed by atoms with E-state index in [4.69, 9.17) is 0 Å². The molecular weight excluding hydrogens is 427 g/mol. The van der Waals surface area contributed by atoms with Crippen molar-refractivity contribution in [1.82, 2.24) is 9.97 Å². The number of nitrogens with one attached hydrogen (secondary N) is 2. The molecule has 4 bridgehead atoms. The Hall–Kier alpha value is -2.83. The maximum atomic E-state index is 12.9. The van der Waals surface area contributed by atoms with Gasteiger partial charge in [0.25, 0.3) is 5.56 Å². The highest BCUT2D eigenvalue weighted by molar-refractivity contribution is 5.84. The van der Waals surface area contributed by atoms with Crippen LogP contribution < -0.4 is 10.9 Å². The maximum Gasteiger partial charge on any atom is 0.416 e. The molecule has 0 amide bonds. The number of fused-ring (bicyclic) bond motifs is 1. The minimum Gasteiger partial charge on any atom is -0.379 e. The summed E-state index contributed by atoms with van der Waals surface area (Å²) in [6, 6.07) is 8.50. The van der Waals surface area contributed by atoms with Gasteiger partial charge in [-0.05, 0) is 93.0 Å². The normalized spacial score (nSPS) is 28.4. The number of rotatable bonds is 3. The second-order valence-corrected chi connectivity index (χ2v) is 10.5. The number of halogens is 3. The lowest BCUT2D eigenvalue weighted by Crippen LogP contribution is -2.54. The zero-order chi connectivity index (χ0) is 23.0. The average Bonchev–Trinajstić information content (AvgIpc) is 2.73. The van der Waals surface area contributed by atoms with E-state index in [9.17, 15) is 18.0 Å². The quantitative estimate of drug-likeness (QED) is 0.489. The molecule has 2 aromatic carbocycles. The van der Waals surface area contributed by atoms with Crippen LogP contribution in [0.5, 0.6) is 0 Å². The van der Waals surface area contributed by atoms with Crippen molar-refractivity contribution >= 4 is 16.6 Å². The van der Waals surface area contributed by atoms with E-state index in [1.54, 1.807) is 0 Å². The van der Waals surface area contributed by atoms with E-state index in [1.165, 1.54) is 50.7 Å². The van der Waals surface area contributed by atoms with Crippen molar-refractivity contribution in [2.75, 3.05) is 5.32 Å². The van der Waals surface area contributed by atoms with Gasteiger partial charge in [0, 0.05) is 16.8 Å². The predicted molar refractivity (Wildman–Crippen MR) is 122 cm³/mol. The van der Waals surface area contributed by atoms with Crippen LogP contribution in [-0.2, 0) is 6.18 Å². The Bertz CT molecular complexity index is 1260. The standard InChI is InChI=1S/C26H26F3N3O/c1-14-6-20-22(10-21(14)32-25-11-15-7-16(12-25)9-17(8-15)13-25)30-23(31-24(20)33)18-2-4-19(5-3-18)26(27,28)29/h2-6,10,15-17,32H,7-9,11-13H2,1H3,(H,30,31,33). The van der Waals surface area contributed by atoms with Gasteiger partial charge >= 0.3 is 6.18 Å². The van der Waals surface area contributed by atoms with Crippen LogP contribution in [0.15, 0.2) is 41.2 Å². The number of alkyl halides is 3. The number of aryl methyl sites for hydroxylation is 1. The lowest BCUT2D eigenvalue weighted by atomic mass is 9.53. The van der Waals surface area contributed by atoms with Gasteiger partial charge in [0.1, 0.15) is 5.82 Å². The number of aromatic amines is 1. The number of H-pyrrole nitrogens is 1. The van der Waals surface area contributed by atoms with E-state index >= 15 is 0 Å². The molecule has 1 heterocycles. The Labute approximate surface area is 189 Å². The molecule has 4 aliphatic rings. The van der Waals surface area contributed by atoms with Crippen molar-refractivity contribution in [1.29, 1.82) is 0 Å². The maximum absolute atomic E-state index is 12.9. The fourth-order valence-corrected chi connectivity index (χ4v) is 6.93. The molecule has 33 heavy (non-hydrogen) atoms. The lowest BCUT2D eigenvalue weighted by molar-refractivity contribution is -0.137. The minimum atomic E-state index is -4.40. The van der Waals surface area contributed by atoms with Gasteiger partial charge in [0.05, 0.1) is 16.5 Å². The van der Waals surface area contributed by atoms with Crippen LogP contribution in [0.1, 0.15) is 49.7 Å². The SMILES string of the molecule is Cc1cc2c(=O)[nH]c(-c3ccc(C(F)(F)F)cc3)nc2cc1NC12CC3CC(CC(C3)C1)C2. The van der Waals surface area contributed by atoms with Gasteiger partial charge in [0.15, 0.2) is 0 Å². The second kappa shape index (κ2) is 7.08. The molecule has 3 aromatic rings. The lowest BCUT2D eigenvalue weighted by Gasteiger charge is -2.57. The molecule has 0 radical (unpaired) electrons. The molecule has 0 atom stereocenters. The molecule has 172 valence electrons. The van der Waals surface area contributed by atoms with Crippen molar-refractivity contribution in [3.05, 3.63) is 57.9 Å². The monoisotopic (exact) mass is 453 g/mol. The number of anilines is 1. The van der Waals surface area contributed by atoms with E-state index in [0.29, 0.717) is 16.5 Å². The zero-order valence-electron chi connectivity index (χ0n) is 18.4. The largest absolute Gasteiger partial charge is 0.416 e. The van der Waals surface area contributed by atoms with Crippen LogP contribution in [-0.4, -0.2) is 15.5 Å². The Morgan fingerprint density at radius 3 is 2.18 bits per heavy atom. The van der Waals surface area contributed by atoms with Crippen LogP contribution in [0.4, 0.5) is 18.9 Å². The zero-order valence-corrected chi connectivity index (χ0v) is 18.4. The molecular formula is C26H26F3N3O. The molecule has 0 spiro atoms. The van der Waals surface area contributed by atoms with Gasteiger partial charge in [0.2, 0.25) is 0 Å². The molecule has 2 N–H and O–H groups in total. The summed E-state index contributed by atoms with van der Waals surface area (Å²) >= 11 is 0. The Morgan fingerprint density at radius 1 is 1.00 bits per heavy atom. The predicted octanol–water partition coefficient (Wildman–Crippen LogP) is 6.30. The van der Waals surface area contributed by atoms with Crippen LogP contribution in [0, 0.1) is 24.7 Å². The fraction of sp³-hybridized carbons (Fsp3) is 0.462. The van der Waals surface area contributed by atoms with E-state index in [-0.39, 0.29) is 16.9 Å². The molecule has 4 fully saturated rings. The number of nitrogens with zero attached hydrogens (tertiary/aromatic N) is 1. The van der Waals surface area contributed by atoms with Crippen LogP contribution in [0.25, 0.3) is 22.3 Å². The smallest absolute Gasteiger partial charge is 0.379 e. The molecule has 0 saturated heterocycles. The summed E-state index contributed by atoms with van der Waals surface area (Å²) in [6.45, 7) is 2.01. The molecule has 1 aromatic heterocycles. The molecule has 0 aliphatic heterocycles. The van der Waals surface area contributed by atoms with Crippen molar-refractivity contribution in [2.24, 2.45) is 17.8 Å². The van der Waals surface area contributed by atoms with Gasteiger partial charge in [-0.1, -0.05) is 12.1 Å². The van der Waals surface area contributed by atoms with Crippen molar-refractivity contribution in [3.8, 4) is 11.4 Å². The minimum absolute atomic E-state index is 0.130. The molecule has 4 nitrogen and oxygen atoms in total. The summed E-state index contributed by atoms with van der Waals surface area (Å²) in [7, 11) is 0. The van der Waals surface area contributed by atoms with Gasteiger partial charge < -0.3 is 10.3 Å². The van der Waals surface area contributed by atoms with E-state index in [0.717, 1.165) is 41.1 Å². The highest BCUT2D eigenvalue weighted by Crippen LogP contribution is 2.56. The Morgan fingerprint density at radius 2 is 1.61 bits per heavy atom. The molecule has 7 heteroatoms. The summed E-state index contributed by atoms with van der Waals surface area (Å²) in [6.07, 6.45) is 3.31. The number of aromatic nitrogens is 2. The van der Waals surface area contributed by atoms with Crippen LogP contribution in [0.2, 0.25) is 0 Å². The van der Waals surface area contributed by atoms with Crippen molar-refractivity contribution in [2.45, 2.75) is 57.2 Å². The summed E-state index contributed by atoms with van der Waals surface area (Å²) in [4.78, 5) is 20.1. The van der Waals surface area contributed by atoms with Crippen molar-refractivity contribution < 1.29 is 13.2 Å². The molecule has 0 unspecified atom stereocenters. The Kier molecular flexibility index (Phi) is 4.45. The third kappa shape index (κ3) is 3.62. The third-order valence-electron chi connectivity index (χ3n) is 7.98. The highest BCUT2D eigenvalue weighted by atomic mass is 19.4. The van der Waals surface area contributed by atoms with E-state index < -0.39 is 11.7 Å². The first-order valence-corrected chi connectivity index (χ1v) is 11.7. The first-order valence-electron chi connectivity index (χ1n) is 11.7. The second-order valence-electron chi connectivity index (χ2n) is 10.5. The first kappa shape index (κ1) is 20.8. The summed E-state index contributed by atoms with van der Waals surface area (Å²) in [5.41, 5.74) is 2.11. The van der Waals surface area contributed by atoms with Gasteiger partial charge in [-0.3, -0.25) is 4.79 Å². The fourth-order valence-electron chi connectivity index (χ4n) is 6.93. The van der Waals surface area contributed by atoms with Gasteiger partial charge in [-0.15, -0.1) is 0 Å². The van der Waals surface area contributed by atoms with Gasteiger partial charge in [-0.25, -0.2) is 4.98 Å². The van der Waals surface area contributed by atoms with Crippen molar-refractivity contribution in [3.63, 3.8) is 0 Å². The van der Waals surface area contributed by atoms with E-state index in [2.05, 4.69) is 15.3 Å². The summed E-state index contributed by atoms with van der Waals surface area (Å²) < 4.78 is 38.7. The summed E-state index contributed by atoms with van der Waals surface area (Å²) in [5.74, 6) is 2.72. The third-order valence-corrected chi connectivity index (χ3v) is 7.98. The van der Waals surface area contributed by atoms with E-state index in [1.807, 2.05) is 19.1 Å². The Balaban J connectivity index is 1.36. The first-order chi connectivity index (χ1) is 15.7. The molecule has 4 aliphatic carbocycles. The number of hydrogen-bond acceptors (Lipinski definition) is 3. The van der Waals surface area contributed by atoms with Crippen LogP contribution in [0.3, 0.4) is 0 Å².